The highest BCUT2D eigenvalue weighted by molar-refractivity contribution is 5.86. The van der Waals surface area contributed by atoms with Gasteiger partial charge in [-0.3, -0.25) is 4.79 Å². The van der Waals surface area contributed by atoms with Crippen molar-refractivity contribution >= 4 is 11.6 Å². The van der Waals surface area contributed by atoms with Crippen molar-refractivity contribution in [1.29, 1.82) is 0 Å². The first-order valence-corrected chi connectivity index (χ1v) is 8.20. The Kier molecular flexibility index (Phi) is 23.6. The molecule has 0 spiro atoms. The number of carbonyl (C=O) groups excluding carboxylic acids is 2. The van der Waals surface area contributed by atoms with Gasteiger partial charge in [-0.25, -0.2) is 0 Å². The highest BCUT2D eigenvalue weighted by Gasteiger charge is 2.18. The summed E-state index contributed by atoms with van der Waals surface area (Å²) in [6.07, 6.45) is 6.53. The van der Waals surface area contributed by atoms with E-state index in [9.17, 15) is 9.59 Å². The van der Waals surface area contributed by atoms with Crippen LogP contribution in [0.5, 0.6) is 0 Å². The van der Waals surface area contributed by atoms with E-state index in [2.05, 4.69) is 13.5 Å². The molecule has 0 aliphatic carbocycles. The zero-order chi connectivity index (χ0) is 18.0. The van der Waals surface area contributed by atoms with E-state index in [1.165, 1.54) is 19.4 Å². The van der Waals surface area contributed by atoms with Crippen LogP contribution in [0.2, 0.25) is 0 Å². The van der Waals surface area contributed by atoms with Crippen LogP contribution in [-0.4, -0.2) is 35.5 Å². The lowest BCUT2D eigenvalue weighted by molar-refractivity contribution is -0.117. The quantitative estimate of drug-likeness (QED) is 0.592. The average Bonchev–Trinajstić information content (AvgIpc) is 3.32. The third-order valence-corrected chi connectivity index (χ3v) is 2.69. The summed E-state index contributed by atoms with van der Waals surface area (Å²) < 4.78 is 4.86. The predicted octanol–water partition coefficient (Wildman–Crippen LogP) is 4.10. The molecular formula is C18H36O4. The van der Waals surface area contributed by atoms with Gasteiger partial charge in [-0.2, -0.15) is 0 Å². The standard InChI is InChI=1S/C5H10O.C5H12O.C4H8O.C4H6O/c1-3-4-5(2)6;1-3-5(6)4-2;1-2-4-3-5-4;1-3-4(2)5/h3-4H2,1-2H3;5-6H,3-4H2,1-2H3;4H,2-3H2,1H3;3H,1H2,2H3. The lowest BCUT2D eigenvalue weighted by Gasteiger charge is -1.98. The summed E-state index contributed by atoms with van der Waals surface area (Å²) in [4.78, 5) is 19.7. The predicted molar refractivity (Wildman–Crippen MR) is 93.1 cm³/mol. The van der Waals surface area contributed by atoms with E-state index in [4.69, 9.17) is 9.84 Å². The molecule has 0 aromatic carbocycles. The summed E-state index contributed by atoms with van der Waals surface area (Å²) in [5, 5.41) is 8.67. The second-order valence-electron chi connectivity index (χ2n) is 5.10. The van der Waals surface area contributed by atoms with Crippen LogP contribution in [0.3, 0.4) is 0 Å². The first-order chi connectivity index (χ1) is 10.3. The molecule has 1 heterocycles. The molecule has 1 aliphatic heterocycles. The Morgan fingerprint density at radius 1 is 1.23 bits per heavy atom. The first-order valence-electron chi connectivity index (χ1n) is 8.20. The summed E-state index contributed by atoms with van der Waals surface area (Å²) in [5.74, 6) is 0.308. The van der Waals surface area contributed by atoms with Crippen molar-refractivity contribution in [2.45, 2.75) is 85.9 Å². The van der Waals surface area contributed by atoms with Gasteiger partial charge in [0, 0.05) is 6.42 Å². The minimum absolute atomic E-state index is 0.0185. The Balaban J connectivity index is -0.000000219. The van der Waals surface area contributed by atoms with Crippen LogP contribution in [0.1, 0.15) is 73.6 Å². The lowest BCUT2D eigenvalue weighted by Crippen LogP contribution is -1.99. The van der Waals surface area contributed by atoms with Crippen molar-refractivity contribution in [3.05, 3.63) is 12.7 Å². The van der Waals surface area contributed by atoms with Crippen LogP contribution in [0, 0.1) is 0 Å². The number of epoxide rings is 1. The van der Waals surface area contributed by atoms with E-state index >= 15 is 0 Å². The van der Waals surface area contributed by atoms with E-state index in [-0.39, 0.29) is 17.7 Å². The van der Waals surface area contributed by atoms with Crippen LogP contribution < -0.4 is 0 Å². The number of hydrogen-bond donors (Lipinski definition) is 1. The molecule has 0 radical (unpaired) electrons. The number of aliphatic hydroxyl groups excluding tert-OH is 1. The highest BCUT2D eigenvalue weighted by atomic mass is 16.6. The molecule has 132 valence electrons. The van der Waals surface area contributed by atoms with Crippen LogP contribution >= 0.6 is 0 Å². The fourth-order valence-corrected chi connectivity index (χ4v) is 0.944. The summed E-state index contributed by atoms with van der Waals surface area (Å²) in [6, 6.07) is 0. The van der Waals surface area contributed by atoms with Crippen molar-refractivity contribution in [2.24, 2.45) is 0 Å². The molecule has 1 rings (SSSR count). The van der Waals surface area contributed by atoms with Gasteiger partial charge in [0.05, 0.1) is 18.8 Å². The molecule has 0 bridgehead atoms. The average molecular weight is 316 g/mol. The minimum atomic E-state index is -0.0648. The molecular weight excluding hydrogens is 280 g/mol. The fourth-order valence-electron chi connectivity index (χ4n) is 0.944. The highest BCUT2D eigenvalue weighted by Crippen LogP contribution is 2.10. The number of ether oxygens (including phenoxy) is 1. The number of ketones is 2. The van der Waals surface area contributed by atoms with Gasteiger partial charge in [0.1, 0.15) is 5.78 Å². The molecule has 1 unspecified atom stereocenters. The van der Waals surface area contributed by atoms with Gasteiger partial charge in [-0.15, -0.1) is 0 Å². The summed E-state index contributed by atoms with van der Waals surface area (Å²) in [7, 11) is 0. The van der Waals surface area contributed by atoms with Gasteiger partial charge in [-0.05, 0) is 45.6 Å². The van der Waals surface area contributed by atoms with E-state index in [1.807, 2.05) is 20.8 Å². The largest absolute Gasteiger partial charge is 0.393 e. The van der Waals surface area contributed by atoms with Crippen molar-refractivity contribution in [3.8, 4) is 0 Å². The SMILES string of the molecule is C=CC(C)=O.CCC(O)CC.CCC1CO1.CCCC(C)=O. The minimum Gasteiger partial charge on any atom is -0.393 e. The van der Waals surface area contributed by atoms with Crippen molar-refractivity contribution in [1.82, 2.24) is 0 Å². The zero-order valence-corrected chi connectivity index (χ0v) is 15.4. The van der Waals surface area contributed by atoms with Crippen LogP contribution in [0.25, 0.3) is 0 Å². The second kappa shape index (κ2) is 20.0. The molecule has 1 fully saturated rings. The third kappa shape index (κ3) is 36.4. The fraction of sp³-hybridized carbons (Fsp3) is 0.778. The number of hydrogen-bond acceptors (Lipinski definition) is 4. The van der Waals surface area contributed by atoms with Gasteiger partial charge in [0.25, 0.3) is 0 Å². The third-order valence-electron chi connectivity index (χ3n) is 2.69. The molecule has 0 aromatic rings. The van der Waals surface area contributed by atoms with E-state index in [0.717, 1.165) is 32.3 Å². The topological polar surface area (TPSA) is 66.9 Å². The van der Waals surface area contributed by atoms with Gasteiger partial charge in [-0.1, -0.05) is 34.3 Å². The lowest BCUT2D eigenvalue weighted by atomic mass is 10.2. The molecule has 1 N–H and O–H groups in total. The maximum absolute atomic E-state index is 10.0. The van der Waals surface area contributed by atoms with Gasteiger partial charge < -0.3 is 14.6 Å². The Morgan fingerprint density at radius 3 is 1.64 bits per heavy atom. The molecule has 0 saturated carbocycles. The molecule has 22 heavy (non-hydrogen) atoms. The zero-order valence-electron chi connectivity index (χ0n) is 15.4. The Bertz CT molecular complexity index is 266. The summed E-state index contributed by atoms with van der Waals surface area (Å²) in [6.45, 7) is 15.4. The molecule has 1 atom stereocenters. The normalized spacial score (nSPS) is 14.3. The van der Waals surface area contributed by atoms with Gasteiger partial charge >= 0.3 is 0 Å². The number of aliphatic hydroxyl groups is 1. The number of carbonyl (C=O) groups is 2. The first kappa shape index (κ1) is 25.9. The van der Waals surface area contributed by atoms with Gasteiger partial charge in [0.2, 0.25) is 0 Å². The van der Waals surface area contributed by atoms with Crippen LogP contribution in [-0.2, 0) is 14.3 Å². The number of rotatable bonds is 6. The Morgan fingerprint density at radius 2 is 1.64 bits per heavy atom. The second-order valence-corrected chi connectivity index (χ2v) is 5.10. The van der Waals surface area contributed by atoms with Crippen molar-refractivity contribution in [3.63, 3.8) is 0 Å². The Labute approximate surface area is 136 Å². The monoisotopic (exact) mass is 316 g/mol. The van der Waals surface area contributed by atoms with Gasteiger partial charge in [0.15, 0.2) is 5.78 Å². The molecule has 1 aliphatic rings. The molecule has 0 amide bonds. The number of Topliss-reactive ketones (excluding diaryl/α,β-unsaturated/α-hetero) is 1. The molecule has 0 aromatic heterocycles. The Hall–Kier alpha value is -1.00. The van der Waals surface area contributed by atoms with E-state index < -0.39 is 0 Å². The van der Waals surface area contributed by atoms with Crippen molar-refractivity contribution < 1.29 is 19.4 Å². The summed E-state index contributed by atoms with van der Waals surface area (Å²) >= 11 is 0. The molecule has 4 heteroatoms. The van der Waals surface area contributed by atoms with Crippen LogP contribution in [0.4, 0.5) is 0 Å². The molecule has 1 saturated heterocycles. The maximum atomic E-state index is 10.0. The summed E-state index contributed by atoms with van der Waals surface area (Å²) in [5.41, 5.74) is 0. The van der Waals surface area contributed by atoms with Crippen molar-refractivity contribution in [2.75, 3.05) is 6.61 Å². The van der Waals surface area contributed by atoms with Crippen LogP contribution in [0.15, 0.2) is 12.7 Å². The molecule has 4 nitrogen and oxygen atoms in total. The smallest absolute Gasteiger partial charge is 0.152 e. The maximum Gasteiger partial charge on any atom is 0.152 e. The number of allylic oxidation sites excluding steroid dienone is 1. The van der Waals surface area contributed by atoms with E-state index in [0.29, 0.717) is 6.10 Å². The van der Waals surface area contributed by atoms with E-state index in [1.54, 1.807) is 6.92 Å².